The molecule has 0 saturated heterocycles. The topological polar surface area (TPSA) is 90.4 Å². The van der Waals surface area contributed by atoms with E-state index in [-0.39, 0.29) is 33.5 Å². The number of Topliss-reactive ketones (excluding diaryl/α,β-unsaturated/α-hetero) is 2. The van der Waals surface area contributed by atoms with E-state index in [0.717, 1.165) is 47.3 Å². The number of carbonyl (C=O) groups is 2. The lowest BCUT2D eigenvalue weighted by atomic mass is 9.94. The Kier molecular flexibility index (Phi) is 10.5. The maximum absolute atomic E-state index is 13.8. The SMILES string of the molecule is [C-]#[N+]/C(C#N)=C1\C(=C\c2cc3c(s2)-c2cc4c(cc2C3C(SC)SC)-c2sc(/C=C3\C(=O)c5ccccc5\C3=C(\C#N)[N+]#[C-])cc2C4=C(SC)SC)C(=O)c2ccccc21. The number of nitriles is 2. The van der Waals surface area contributed by atoms with Gasteiger partial charge < -0.3 is 0 Å². The first-order chi connectivity index (χ1) is 29.2. The highest BCUT2D eigenvalue weighted by atomic mass is 32.2. The minimum Gasteiger partial charge on any atom is -0.289 e. The van der Waals surface area contributed by atoms with Crippen LogP contribution in [0.5, 0.6) is 0 Å². The summed E-state index contributed by atoms with van der Waals surface area (Å²) < 4.78 is 1.36. The Balaban J connectivity index is 1.21. The van der Waals surface area contributed by atoms with Crippen LogP contribution in [-0.2, 0) is 0 Å². The lowest BCUT2D eigenvalue weighted by Crippen LogP contribution is -2.10. The number of thioether (sulfide) groups is 4. The van der Waals surface area contributed by atoms with Gasteiger partial charge in [0.15, 0.2) is 11.6 Å². The molecule has 0 radical (unpaired) electrons. The van der Waals surface area contributed by atoms with Crippen molar-refractivity contribution >= 4 is 110 Å². The van der Waals surface area contributed by atoms with E-state index in [1.165, 1.54) is 15.4 Å². The maximum atomic E-state index is 13.8. The average Bonchev–Trinajstić information content (AvgIpc) is 4.10. The van der Waals surface area contributed by atoms with Gasteiger partial charge in [-0.05, 0) is 94.8 Å². The Morgan fingerprint density at radius 1 is 0.633 bits per heavy atom. The van der Waals surface area contributed by atoms with Gasteiger partial charge in [0.25, 0.3) is 11.4 Å². The minimum atomic E-state index is -0.191. The fourth-order valence-corrected chi connectivity index (χ4v) is 14.4. The van der Waals surface area contributed by atoms with Crippen molar-refractivity contribution in [2.75, 3.05) is 25.0 Å². The number of hydrogen-bond acceptors (Lipinski definition) is 10. The van der Waals surface area contributed by atoms with Crippen molar-refractivity contribution in [2.24, 2.45) is 0 Å². The van der Waals surface area contributed by atoms with Crippen LogP contribution >= 0.6 is 69.7 Å². The maximum Gasteiger partial charge on any atom is 0.270 e. The number of carbonyl (C=O) groups excluding carboxylic acids is 2. The molecule has 0 bridgehead atoms. The third-order valence-corrected chi connectivity index (χ3v) is 18.1. The Labute approximate surface area is 372 Å². The van der Waals surface area contributed by atoms with E-state index in [1.54, 1.807) is 82.6 Å². The van der Waals surface area contributed by atoms with Gasteiger partial charge in [-0.1, -0.05) is 48.5 Å². The molecule has 0 aliphatic heterocycles. The molecule has 6 nitrogen and oxygen atoms in total. The lowest BCUT2D eigenvalue weighted by molar-refractivity contribution is 0.103. The molecule has 5 aromatic rings. The predicted octanol–water partition coefficient (Wildman–Crippen LogP) is 13.3. The number of hydrogen-bond donors (Lipinski definition) is 0. The molecule has 0 amide bonds. The molecule has 2 heterocycles. The van der Waals surface area contributed by atoms with Crippen molar-refractivity contribution < 1.29 is 9.59 Å². The molecule has 4 aliphatic rings. The third kappa shape index (κ3) is 5.98. The first-order valence-corrected chi connectivity index (χ1v) is 25.0. The summed E-state index contributed by atoms with van der Waals surface area (Å²) >= 11 is 10.3. The molecule has 2 aromatic heterocycles. The normalized spacial score (nSPS) is 18.4. The second-order valence-electron chi connectivity index (χ2n) is 14.0. The first-order valence-electron chi connectivity index (χ1n) is 18.4. The molecule has 60 heavy (non-hydrogen) atoms. The zero-order chi connectivity index (χ0) is 42.0. The molecule has 4 aliphatic carbocycles. The number of ketones is 2. The standard InChI is InChI=1S/C48H28N4O2S6/c1-51-37(21-49)39-25-11-7-9-13-27(25)43(53)33(39)15-23-17-35-41(47(55-3)56-4)29-20-32-30(19-31(29)45(35)59-23)42(48(57-5)58-6)36-18-24(60-46(32)36)16-34-40(38(22-50)52-2)26-12-8-10-14-28(26)44(34)54/h7-20,41,47H,3-6H3/b33-15-,34-16-,39-37-,40-38+. The predicted molar refractivity (Wildman–Crippen MR) is 255 cm³/mol. The smallest absolute Gasteiger partial charge is 0.270 e. The summed E-state index contributed by atoms with van der Waals surface area (Å²) in [4.78, 5) is 38.7. The number of benzene rings is 3. The summed E-state index contributed by atoms with van der Waals surface area (Å²) in [5.41, 5.74) is 11.7. The first kappa shape index (κ1) is 39.9. The third-order valence-electron chi connectivity index (χ3n) is 11.1. The molecule has 0 saturated carbocycles. The van der Waals surface area contributed by atoms with Gasteiger partial charge in [-0.2, -0.15) is 23.5 Å². The quantitative estimate of drug-likeness (QED) is 0.0678. The summed E-state index contributed by atoms with van der Waals surface area (Å²) in [5.74, 6) is -0.323. The zero-order valence-electron chi connectivity index (χ0n) is 32.3. The molecule has 1 unspecified atom stereocenters. The van der Waals surface area contributed by atoms with Crippen molar-refractivity contribution in [1.29, 1.82) is 10.5 Å². The molecule has 0 fully saturated rings. The summed E-state index contributed by atoms with van der Waals surface area (Å²) in [6, 6.07) is 27.4. The van der Waals surface area contributed by atoms with Crippen LogP contribution < -0.4 is 0 Å². The molecule has 288 valence electrons. The van der Waals surface area contributed by atoms with E-state index in [4.69, 9.17) is 13.1 Å². The van der Waals surface area contributed by atoms with Crippen LogP contribution in [0, 0.1) is 35.8 Å². The van der Waals surface area contributed by atoms with Crippen LogP contribution in [0.2, 0.25) is 0 Å². The van der Waals surface area contributed by atoms with Crippen LogP contribution in [0.25, 0.3) is 59.4 Å². The Bertz CT molecular complexity index is 3100. The van der Waals surface area contributed by atoms with E-state index in [9.17, 15) is 20.1 Å². The van der Waals surface area contributed by atoms with Gasteiger partial charge in [0.2, 0.25) is 0 Å². The summed E-state index contributed by atoms with van der Waals surface area (Å²) in [5, 5.41) is 19.8. The second kappa shape index (κ2) is 15.8. The van der Waals surface area contributed by atoms with Gasteiger partial charge >= 0.3 is 0 Å². The van der Waals surface area contributed by atoms with Crippen molar-refractivity contribution in [3.8, 4) is 33.0 Å². The second-order valence-corrected chi connectivity index (χ2v) is 20.3. The summed E-state index contributed by atoms with van der Waals surface area (Å²) in [6.45, 7) is 15.5. The Morgan fingerprint density at radius 3 is 1.65 bits per heavy atom. The number of rotatable bonds is 7. The van der Waals surface area contributed by atoms with Crippen molar-refractivity contribution in [3.63, 3.8) is 0 Å². The number of thiophene rings is 2. The van der Waals surface area contributed by atoms with Crippen LogP contribution in [-0.4, -0.2) is 41.2 Å². The van der Waals surface area contributed by atoms with Gasteiger partial charge in [-0.15, -0.1) is 46.2 Å². The van der Waals surface area contributed by atoms with Crippen molar-refractivity contribution in [1.82, 2.24) is 0 Å². The molecule has 1 atom stereocenters. The fourth-order valence-electron chi connectivity index (χ4n) is 8.70. The van der Waals surface area contributed by atoms with E-state index >= 15 is 0 Å². The number of nitrogens with zero attached hydrogens (tertiary/aromatic N) is 4. The minimum absolute atomic E-state index is 0.0528. The van der Waals surface area contributed by atoms with E-state index in [0.29, 0.717) is 44.5 Å². The molecular formula is C48H28N4O2S6. The van der Waals surface area contributed by atoms with Gasteiger partial charge in [0.05, 0.1) is 29.9 Å². The van der Waals surface area contributed by atoms with Crippen LogP contribution in [0.3, 0.4) is 0 Å². The number of allylic oxidation sites excluding steroid dienone is 6. The van der Waals surface area contributed by atoms with Gasteiger partial charge in [0, 0.05) is 79.8 Å². The highest BCUT2D eigenvalue weighted by molar-refractivity contribution is 8.22. The lowest BCUT2D eigenvalue weighted by Gasteiger charge is -2.22. The fraction of sp³-hybridized carbons (Fsp3) is 0.125. The average molecular weight is 885 g/mol. The molecule has 9 rings (SSSR count). The van der Waals surface area contributed by atoms with Crippen molar-refractivity contribution in [3.05, 3.63) is 177 Å². The molecule has 0 spiro atoms. The molecular weight excluding hydrogens is 857 g/mol. The Hall–Kier alpha value is -5.54. The van der Waals surface area contributed by atoms with E-state index in [1.807, 2.05) is 59.9 Å². The zero-order valence-corrected chi connectivity index (χ0v) is 37.2. The molecule has 3 aromatic carbocycles. The van der Waals surface area contributed by atoms with Gasteiger partial charge in [-0.3, -0.25) is 9.59 Å². The summed E-state index contributed by atoms with van der Waals surface area (Å²) in [7, 11) is 0. The largest absolute Gasteiger partial charge is 0.289 e. The summed E-state index contributed by atoms with van der Waals surface area (Å²) in [6.07, 6.45) is 12.2. The molecule has 0 N–H and O–H groups in total. The van der Waals surface area contributed by atoms with E-state index < -0.39 is 0 Å². The van der Waals surface area contributed by atoms with Crippen LogP contribution in [0.4, 0.5) is 0 Å². The molecule has 12 heteroatoms. The monoisotopic (exact) mass is 884 g/mol. The van der Waals surface area contributed by atoms with Gasteiger partial charge in [0.1, 0.15) is 0 Å². The van der Waals surface area contributed by atoms with Crippen LogP contribution in [0.15, 0.2) is 99.6 Å². The van der Waals surface area contributed by atoms with Crippen molar-refractivity contribution in [2.45, 2.75) is 10.5 Å². The van der Waals surface area contributed by atoms with Crippen LogP contribution in [0.1, 0.15) is 69.8 Å². The highest BCUT2D eigenvalue weighted by Crippen LogP contribution is 2.60. The number of fused-ring (bicyclic) bond motifs is 8. The van der Waals surface area contributed by atoms with Gasteiger partial charge in [-0.25, -0.2) is 20.2 Å². The Morgan fingerprint density at radius 2 is 1.15 bits per heavy atom. The highest BCUT2D eigenvalue weighted by Gasteiger charge is 2.40. The van der Waals surface area contributed by atoms with E-state index in [2.05, 4.69) is 59.0 Å².